The molecule has 0 bridgehead atoms. The molecule has 1 aromatic carbocycles. The Labute approximate surface area is 100 Å². The maximum Gasteiger partial charge on any atom is 0.124 e. The monoisotopic (exact) mass is 321 g/mol. The summed E-state index contributed by atoms with van der Waals surface area (Å²) >= 11 is 7.93. The maximum atomic E-state index is 12.8. The molecule has 0 unspecified atom stereocenters. The number of benzene rings is 1. The highest BCUT2D eigenvalue weighted by atomic mass is 127. The van der Waals surface area contributed by atoms with Gasteiger partial charge in [0.15, 0.2) is 0 Å². The van der Waals surface area contributed by atoms with Gasteiger partial charge in [0.25, 0.3) is 0 Å². The van der Waals surface area contributed by atoms with E-state index in [1.54, 1.807) is 13.0 Å². The molecule has 0 atom stereocenters. The molecular formula is C10H6ClFIN. The quantitative estimate of drug-likeness (QED) is 0.568. The first kappa shape index (κ1) is 11.5. The summed E-state index contributed by atoms with van der Waals surface area (Å²) in [6.45, 7) is 1.63. The molecule has 0 spiro atoms. The lowest BCUT2D eigenvalue weighted by Crippen LogP contribution is -1.87. The van der Waals surface area contributed by atoms with E-state index in [0.717, 1.165) is 0 Å². The Morgan fingerprint density at radius 1 is 1.57 bits per heavy atom. The maximum absolute atomic E-state index is 12.8. The first-order valence-electron chi connectivity index (χ1n) is 3.78. The highest BCUT2D eigenvalue weighted by Gasteiger charge is 2.07. The molecule has 0 saturated heterocycles. The van der Waals surface area contributed by atoms with Gasteiger partial charge >= 0.3 is 0 Å². The second-order valence-electron chi connectivity index (χ2n) is 2.67. The van der Waals surface area contributed by atoms with E-state index in [-0.39, 0.29) is 5.82 Å². The number of nitriles is 1. The average molecular weight is 322 g/mol. The molecular weight excluding hydrogens is 315 g/mol. The van der Waals surface area contributed by atoms with Crippen LogP contribution in [0.25, 0.3) is 5.03 Å². The highest BCUT2D eigenvalue weighted by molar-refractivity contribution is 14.1. The standard InChI is InChI=1S/C10H6ClFIN/c1-6(5-14)10(11)8-3-2-7(12)4-9(8)13/h2-4H,1H3/b10-6-. The van der Waals surface area contributed by atoms with Gasteiger partial charge in [0, 0.05) is 14.7 Å². The van der Waals surface area contributed by atoms with Crippen LogP contribution in [-0.2, 0) is 0 Å². The molecule has 0 radical (unpaired) electrons. The Hall–Kier alpha value is -0.600. The van der Waals surface area contributed by atoms with Gasteiger partial charge in [-0.15, -0.1) is 0 Å². The van der Waals surface area contributed by atoms with Crippen LogP contribution in [-0.4, -0.2) is 0 Å². The van der Waals surface area contributed by atoms with Crippen molar-refractivity contribution in [1.29, 1.82) is 5.26 Å². The first-order valence-corrected chi connectivity index (χ1v) is 5.24. The van der Waals surface area contributed by atoms with Crippen molar-refractivity contribution in [2.45, 2.75) is 6.92 Å². The molecule has 1 aromatic rings. The SMILES string of the molecule is C/C(C#N)=C(/Cl)c1ccc(F)cc1I. The summed E-state index contributed by atoms with van der Waals surface area (Å²) in [6.07, 6.45) is 0. The minimum atomic E-state index is -0.308. The van der Waals surface area contributed by atoms with Gasteiger partial charge in [-0.1, -0.05) is 11.6 Å². The molecule has 4 heteroatoms. The fraction of sp³-hybridized carbons (Fsp3) is 0.100. The van der Waals surface area contributed by atoms with Crippen molar-refractivity contribution >= 4 is 39.2 Å². The zero-order valence-electron chi connectivity index (χ0n) is 7.31. The Kier molecular flexibility index (Phi) is 3.90. The lowest BCUT2D eigenvalue weighted by atomic mass is 10.1. The van der Waals surface area contributed by atoms with Crippen molar-refractivity contribution in [3.8, 4) is 6.07 Å². The molecule has 0 saturated carbocycles. The number of hydrogen-bond donors (Lipinski definition) is 0. The summed E-state index contributed by atoms with van der Waals surface area (Å²) in [4.78, 5) is 0. The molecule has 0 heterocycles. The van der Waals surface area contributed by atoms with Gasteiger partial charge in [-0.3, -0.25) is 0 Å². The van der Waals surface area contributed by atoms with Crippen LogP contribution in [0.1, 0.15) is 12.5 Å². The Bertz CT molecular complexity index is 434. The normalized spacial score (nSPS) is 11.9. The van der Waals surface area contributed by atoms with Crippen LogP contribution in [0.4, 0.5) is 4.39 Å². The minimum Gasteiger partial charge on any atom is -0.207 e. The molecule has 0 aromatic heterocycles. The van der Waals surface area contributed by atoms with Crippen molar-refractivity contribution < 1.29 is 4.39 Å². The molecule has 0 amide bonds. The minimum absolute atomic E-state index is 0.308. The van der Waals surface area contributed by atoms with Gasteiger partial charge in [0.05, 0.1) is 11.1 Å². The molecule has 0 aliphatic carbocycles. The van der Waals surface area contributed by atoms with Gasteiger partial charge < -0.3 is 0 Å². The van der Waals surface area contributed by atoms with Crippen LogP contribution in [0.3, 0.4) is 0 Å². The molecule has 0 aliphatic rings. The van der Waals surface area contributed by atoms with Gasteiger partial charge in [0.1, 0.15) is 5.82 Å². The van der Waals surface area contributed by atoms with Crippen molar-refractivity contribution in [3.05, 3.63) is 38.7 Å². The van der Waals surface area contributed by atoms with E-state index in [1.807, 2.05) is 28.7 Å². The predicted molar refractivity (Wildman–Crippen MR) is 63.2 cm³/mol. The molecule has 1 rings (SSSR count). The summed E-state index contributed by atoms with van der Waals surface area (Å²) in [7, 11) is 0. The zero-order valence-corrected chi connectivity index (χ0v) is 10.2. The van der Waals surface area contributed by atoms with Crippen molar-refractivity contribution in [3.63, 3.8) is 0 Å². The van der Waals surface area contributed by atoms with Crippen LogP contribution < -0.4 is 0 Å². The molecule has 0 aliphatic heterocycles. The topological polar surface area (TPSA) is 23.8 Å². The summed E-state index contributed by atoms with van der Waals surface area (Å²) < 4.78 is 13.5. The number of hydrogen-bond acceptors (Lipinski definition) is 1. The molecule has 72 valence electrons. The average Bonchev–Trinajstić information content (AvgIpc) is 2.15. The number of halogens is 3. The number of allylic oxidation sites excluding steroid dienone is 1. The van der Waals surface area contributed by atoms with E-state index in [9.17, 15) is 4.39 Å². The molecule has 14 heavy (non-hydrogen) atoms. The Morgan fingerprint density at radius 3 is 2.71 bits per heavy atom. The van der Waals surface area contributed by atoms with Crippen molar-refractivity contribution in [1.82, 2.24) is 0 Å². The van der Waals surface area contributed by atoms with E-state index in [0.29, 0.717) is 19.7 Å². The summed E-state index contributed by atoms with van der Waals surface area (Å²) in [5, 5.41) is 9.02. The van der Waals surface area contributed by atoms with Crippen LogP contribution >= 0.6 is 34.2 Å². The van der Waals surface area contributed by atoms with E-state index < -0.39 is 0 Å². The summed E-state index contributed by atoms with van der Waals surface area (Å²) in [6, 6.07) is 6.23. The largest absolute Gasteiger partial charge is 0.207 e. The van der Waals surface area contributed by atoms with Gasteiger partial charge in [0.2, 0.25) is 0 Å². The van der Waals surface area contributed by atoms with Crippen LogP contribution in [0.15, 0.2) is 23.8 Å². The number of nitrogens with zero attached hydrogens (tertiary/aromatic N) is 1. The van der Waals surface area contributed by atoms with Crippen molar-refractivity contribution in [2.75, 3.05) is 0 Å². The Morgan fingerprint density at radius 2 is 2.21 bits per heavy atom. The third-order valence-corrected chi connectivity index (χ3v) is 3.04. The zero-order chi connectivity index (χ0) is 10.7. The number of rotatable bonds is 1. The lowest BCUT2D eigenvalue weighted by Gasteiger charge is -2.03. The van der Waals surface area contributed by atoms with Gasteiger partial charge in [-0.2, -0.15) is 5.26 Å². The van der Waals surface area contributed by atoms with Crippen LogP contribution in [0.5, 0.6) is 0 Å². The Balaban J connectivity index is 3.29. The van der Waals surface area contributed by atoms with Crippen LogP contribution in [0.2, 0.25) is 0 Å². The van der Waals surface area contributed by atoms with Crippen LogP contribution in [0, 0.1) is 20.7 Å². The third kappa shape index (κ3) is 2.46. The third-order valence-electron chi connectivity index (χ3n) is 1.66. The van der Waals surface area contributed by atoms with Crippen molar-refractivity contribution in [2.24, 2.45) is 0 Å². The predicted octanol–water partition coefficient (Wildman–Crippen LogP) is 3.92. The van der Waals surface area contributed by atoms with Gasteiger partial charge in [-0.25, -0.2) is 4.39 Å². The van der Waals surface area contributed by atoms with E-state index in [2.05, 4.69) is 0 Å². The smallest absolute Gasteiger partial charge is 0.124 e. The molecule has 1 nitrogen and oxygen atoms in total. The fourth-order valence-electron chi connectivity index (χ4n) is 0.919. The van der Waals surface area contributed by atoms with E-state index in [4.69, 9.17) is 16.9 Å². The second kappa shape index (κ2) is 4.76. The second-order valence-corrected chi connectivity index (χ2v) is 4.22. The highest BCUT2D eigenvalue weighted by Crippen LogP contribution is 2.27. The molecule has 0 fully saturated rings. The molecule has 0 N–H and O–H groups in total. The lowest BCUT2D eigenvalue weighted by molar-refractivity contribution is 0.626. The first-order chi connectivity index (χ1) is 6.56. The van der Waals surface area contributed by atoms with E-state index in [1.165, 1.54) is 12.1 Å². The summed E-state index contributed by atoms with van der Waals surface area (Å²) in [5.74, 6) is -0.308. The van der Waals surface area contributed by atoms with Gasteiger partial charge in [-0.05, 0) is 47.7 Å². The summed E-state index contributed by atoms with van der Waals surface area (Å²) in [5.41, 5.74) is 1.11. The van der Waals surface area contributed by atoms with E-state index >= 15 is 0 Å². The fourth-order valence-corrected chi connectivity index (χ4v) is 2.03.